The zero-order valence-electron chi connectivity index (χ0n) is 13.0. The molecule has 2 nitrogen and oxygen atoms in total. The lowest BCUT2D eigenvalue weighted by Crippen LogP contribution is -1.94. The predicted molar refractivity (Wildman–Crippen MR) is 90.1 cm³/mol. The molecule has 0 aromatic heterocycles. The number of carboxylic acids is 1. The molecule has 22 heavy (non-hydrogen) atoms. The molecule has 0 aliphatic heterocycles. The van der Waals surface area contributed by atoms with Gasteiger partial charge in [0, 0.05) is 6.42 Å². The largest absolute Gasteiger partial charge is 0.481 e. The molecule has 0 spiro atoms. The highest BCUT2D eigenvalue weighted by Gasteiger charge is 1.99. The van der Waals surface area contributed by atoms with Crippen molar-refractivity contribution >= 4 is 5.97 Å². The van der Waals surface area contributed by atoms with E-state index in [0.717, 1.165) is 38.5 Å². The van der Waals surface area contributed by atoms with Crippen LogP contribution in [0.2, 0.25) is 0 Å². The van der Waals surface area contributed by atoms with E-state index >= 15 is 0 Å². The Kier molecular flexibility index (Phi) is 6.69. The predicted octanol–water partition coefficient (Wildman–Crippen LogP) is 4.86. The Hall–Kier alpha value is -2.09. The topological polar surface area (TPSA) is 37.3 Å². The van der Waals surface area contributed by atoms with Crippen LogP contribution in [-0.2, 0) is 17.6 Å². The van der Waals surface area contributed by atoms with Crippen molar-refractivity contribution in [1.82, 2.24) is 0 Å². The van der Waals surface area contributed by atoms with Crippen molar-refractivity contribution in [2.45, 2.75) is 44.9 Å². The lowest BCUT2D eigenvalue weighted by molar-refractivity contribution is -0.137. The molecule has 2 aromatic rings. The van der Waals surface area contributed by atoms with Crippen molar-refractivity contribution in [3.05, 3.63) is 71.3 Å². The molecule has 0 amide bonds. The second-order valence-corrected chi connectivity index (χ2v) is 5.79. The van der Waals surface area contributed by atoms with Gasteiger partial charge in [-0.2, -0.15) is 0 Å². The van der Waals surface area contributed by atoms with E-state index in [1.165, 1.54) is 16.7 Å². The van der Waals surface area contributed by atoms with Crippen LogP contribution in [0.15, 0.2) is 54.6 Å². The maximum absolute atomic E-state index is 10.4. The van der Waals surface area contributed by atoms with E-state index in [4.69, 9.17) is 5.11 Å². The van der Waals surface area contributed by atoms with Gasteiger partial charge < -0.3 is 5.11 Å². The molecule has 0 unspecified atom stereocenters. The molecule has 116 valence electrons. The Bertz CT molecular complexity index is 558. The zero-order valence-corrected chi connectivity index (χ0v) is 13.0. The third-order valence-electron chi connectivity index (χ3n) is 3.88. The van der Waals surface area contributed by atoms with Crippen LogP contribution in [0.3, 0.4) is 0 Å². The first-order valence-electron chi connectivity index (χ1n) is 8.07. The van der Waals surface area contributed by atoms with Crippen LogP contribution in [0, 0.1) is 0 Å². The normalized spacial score (nSPS) is 10.5. The molecule has 0 fully saturated rings. The van der Waals surface area contributed by atoms with Crippen LogP contribution < -0.4 is 0 Å². The highest BCUT2D eigenvalue weighted by molar-refractivity contribution is 5.66. The second-order valence-electron chi connectivity index (χ2n) is 5.79. The van der Waals surface area contributed by atoms with Gasteiger partial charge in [0.25, 0.3) is 0 Å². The van der Waals surface area contributed by atoms with Gasteiger partial charge in [0.1, 0.15) is 0 Å². The third-order valence-corrected chi connectivity index (χ3v) is 3.88. The van der Waals surface area contributed by atoms with Gasteiger partial charge in [0.2, 0.25) is 0 Å². The maximum Gasteiger partial charge on any atom is 0.303 e. The molecule has 0 atom stereocenters. The summed E-state index contributed by atoms with van der Waals surface area (Å²) in [6, 6.07) is 19.4. The first kappa shape index (κ1) is 16.3. The van der Waals surface area contributed by atoms with Crippen LogP contribution in [0.25, 0.3) is 0 Å². The van der Waals surface area contributed by atoms with E-state index in [-0.39, 0.29) is 0 Å². The smallest absolute Gasteiger partial charge is 0.303 e. The molecule has 0 bridgehead atoms. The van der Waals surface area contributed by atoms with Gasteiger partial charge in [0.15, 0.2) is 0 Å². The summed E-state index contributed by atoms with van der Waals surface area (Å²) in [7, 11) is 0. The van der Waals surface area contributed by atoms with Crippen molar-refractivity contribution in [1.29, 1.82) is 0 Å². The molecule has 0 heterocycles. The molecule has 0 saturated carbocycles. The van der Waals surface area contributed by atoms with Gasteiger partial charge in [0.05, 0.1) is 0 Å². The Labute approximate surface area is 132 Å². The highest BCUT2D eigenvalue weighted by atomic mass is 16.4. The number of unbranched alkanes of at least 4 members (excludes halogenated alkanes) is 3. The fraction of sp³-hybridized carbons (Fsp3) is 0.350. The third kappa shape index (κ3) is 6.13. The molecular formula is C20H24O2. The number of carbonyl (C=O) groups is 1. The summed E-state index contributed by atoms with van der Waals surface area (Å²) in [5.41, 5.74) is 4.06. The fourth-order valence-corrected chi connectivity index (χ4v) is 2.61. The van der Waals surface area contributed by atoms with Crippen LogP contribution in [0.1, 0.15) is 48.8 Å². The quantitative estimate of drug-likeness (QED) is 0.671. The lowest BCUT2D eigenvalue weighted by Gasteiger charge is -2.05. The molecule has 2 rings (SSSR count). The Balaban J connectivity index is 1.69. The van der Waals surface area contributed by atoms with Crippen molar-refractivity contribution in [2.24, 2.45) is 0 Å². The van der Waals surface area contributed by atoms with Crippen LogP contribution >= 0.6 is 0 Å². The molecule has 2 heteroatoms. The summed E-state index contributed by atoms with van der Waals surface area (Å²) >= 11 is 0. The number of hydrogen-bond acceptors (Lipinski definition) is 1. The van der Waals surface area contributed by atoms with E-state index in [2.05, 4.69) is 48.5 Å². The summed E-state index contributed by atoms with van der Waals surface area (Å²) in [6.07, 6.45) is 6.42. The number of aryl methyl sites for hydroxylation is 1. The van der Waals surface area contributed by atoms with Crippen LogP contribution in [-0.4, -0.2) is 11.1 Å². The van der Waals surface area contributed by atoms with Crippen LogP contribution in [0.4, 0.5) is 0 Å². The minimum atomic E-state index is -0.686. The summed E-state index contributed by atoms with van der Waals surface area (Å²) < 4.78 is 0. The van der Waals surface area contributed by atoms with E-state index in [9.17, 15) is 4.79 Å². The molecule has 0 aliphatic carbocycles. The molecule has 0 radical (unpaired) electrons. The van der Waals surface area contributed by atoms with Gasteiger partial charge >= 0.3 is 5.97 Å². The Morgan fingerprint density at radius 1 is 0.727 bits per heavy atom. The standard InChI is InChI=1S/C20H24O2/c21-20(22)11-7-2-1-4-8-17-12-14-19(15-13-17)16-18-9-5-3-6-10-18/h3,5-6,9-10,12-15H,1-2,4,7-8,11,16H2,(H,21,22). The van der Waals surface area contributed by atoms with Crippen molar-refractivity contribution < 1.29 is 9.90 Å². The van der Waals surface area contributed by atoms with Gasteiger partial charge in [-0.3, -0.25) is 4.79 Å². The minimum Gasteiger partial charge on any atom is -0.481 e. The Morgan fingerprint density at radius 2 is 1.32 bits per heavy atom. The van der Waals surface area contributed by atoms with E-state index in [1.807, 2.05) is 6.07 Å². The number of aliphatic carboxylic acids is 1. The summed E-state index contributed by atoms with van der Waals surface area (Å²) in [6.45, 7) is 0. The van der Waals surface area contributed by atoms with E-state index in [1.54, 1.807) is 0 Å². The number of carboxylic acid groups (broad SMARTS) is 1. The van der Waals surface area contributed by atoms with Gasteiger partial charge in [-0.05, 0) is 42.4 Å². The molecular weight excluding hydrogens is 272 g/mol. The second kappa shape index (κ2) is 9.04. The average molecular weight is 296 g/mol. The first-order valence-corrected chi connectivity index (χ1v) is 8.07. The van der Waals surface area contributed by atoms with Crippen LogP contribution in [0.5, 0.6) is 0 Å². The fourth-order valence-electron chi connectivity index (χ4n) is 2.61. The van der Waals surface area contributed by atoms with Crippen molar-refractivity contribution in [3.8, 4) is 0 Å². The molecule has 0 saturated heterocycles. The number of benzene rings is 2. The summed E-state index contributed by atoms with van der Waals surface area (Å²) in [4.78, 5) is 10.4. The molecule has 2 aromatic carbocycles. The first-order chi connectivity index (χ1) is 10.7. The maximum atomic E-state index is 10.4. The van der Waals surface area contributed by atoms with E-state index in [0.29, 0.717) is 6.42 Å². The van der Waals surface area contributed by atoms with Crippen molar-refractivity contribution in [3.63, 3.8) is 0 Å². The molecule has 1 N–H and O–H groups in total. The van der Waals surface area contributed by atoms with E-state index < -0.39 is 5.97 Å². The summed E-state index contributed by atoms with van der Waals surface area (Å²) in [5, 5.41) is 8.58. The van der Waals surface area contributed by atoms with Gasteiger partial charge in [-0.1, -0.05) is 67.4 Å². The van der Waals surface area contributed by atoms with Gasteiger partial charge in [-0.25, -0.2) is 0 Å². The monoisotopic (exact) mass is 296 g/mol. The number of hydrogen-bond donors (Lipinski definition) is 1. The average Bonchev–Trinajstić information content (AvgIpc) is 2.53. The zero-order chi connectivity index (χ0) is 15.6. The van der Waals surface area contributed by atoms with Crippen molar-refractivity contribution in [2.75, 3.05) is 0 Å². The Morgan fingerprint density at radius 3 is 2.00 bits per heavy atom. The lowest BCUT2D eigenvalue weighted by atomic mass is 10.0. The minimum absolute atomic E-state index is 0.300. The summed E-state index contributed by atoms with van der Waals surface area (Å²) in [5.74, 6) is -0.686. The highest BCUT2D eigenvalue weighted by Crippen LogP contribution is 2.13. The molecule has 0 aliphatic rings. The number of rotatable bonds is 9. The van der Waals surface area contributed by atoms with Gasteiger partial charge in [-0.15, -0.1) is 0 Å². The SMILES string of the molecule is O=C(O)CCCCCCc1ccc(Cc2ccccc2)cc1.